The van der Waals surface area contributed by atoms with Crippen molar-refractivity contribution in [3.05, 3.63) is 48.3 Å². The van der Waals surface area contributed by atoms with Crippen molar-refractivity contribution in [1.29, 1.82) is 0 Å². The average molecular weight is 560 g/mol. The minimum atomic E-state index is -0.703. The number of carbonyl (C=O) groups excluding carboxylic acids is 1. The third kappa shape index (κ3) is 10.2. The standard InChI is InChI=1S/C29H44FN3O4.C3H6/c1-2-14-33(29(36)37-20-22-6-9-24(30)10-7-22)26-12-15-32(16-13-26)19-23-8-11-25(17-23)31-27(28(34)35)18-21-4-3-5-21;1-3-2/h6-7,9-10,21,23,25-27,31H,2-5,8,11-20H2,1H3,(H,34,35);3H,1H2,2H3. The maximum atomic E-state index is 13.1. The number of nitrogens with one attached hydrogen (secondary N) is 1. The van der Waals surface area contributed by atoms with Crippen LogP contribution < -0.4 is 5.32 Å². The van der Waals surface area contributed by atoms with Crippen LogP contribution >= 0.6 is 0 Å². The smallest absolute Gasteiger partial charge is 0.410 e. The summed E-state index contributed by atoms with van der Waals surface area (Å²) >= 11 is 0. The van der Waals surface area contributed by atoms with Crippen LogP contribution in [0.3, 0.4) is 0 Å². The van der Waals surface area contributed by atoms with Crippen molar-refractivity contribution in [3.63, 3.8) is 0 Å². The van der Waals surface area contributed by atoms with Crippen molar-refractivity contribution in [3.8, 4) is 0 Å². The van der Waals surface area contributed by atoms with E-state index in [2.05, 4.69) is 23.7 Å². The number of allylic oxidation sites excluding steroid dienone is 1. The van der Waals surface area contributed by atoms with Gasteiger partial charge in [0.1, 0.15) is 18.5 Å². The summed E-state index contributed by atoms with van der Waals surface area (Å²) in [6.07, 6.45) is 11.8. The zero-order valence-corrected chi connectivity index (χ0v) is 24.5. The van der Waals surface area contributed by atoms with E-state index < -0.39 is 12.0 Å². The molecule has 0 radical (unpaired) electrons. The molecule has 3 aliphatic rings. The van der Waals surface area contributed by atoms with Gasteiger partial charge in [-0.25, -0.2) is 9.18 Å². The Kier molecular flexibility index (Phi) is 13.4. The normalized spacial score (nSPS) is 22.5. The number of hydrogen-bond acceptors (Lipinski definition) is 5. The molecule has 7 nitrogen and oxygen atoms in total. The lowest BCUT2D eigenvalue weighted by Gasteiger charge is -2.38. The fourth-order valence-corrected chi connectivity index (χ4v) is 6.23. The van der Waals surface area contributed by atoms with Gasteiger partial charge in [-0.15, -0.1) is 6.58 Å². The number of ether oxygens (including phenoxy) is 1. The summed E-state index contributed by atoms with van der Waals surface area (Å²) in [5.41, 5.74) is 0.781. The Morgan fingerprint density at radius 3 is 2.40 bits per heavy atom. The van der Waals surface area contributed by atoms with E-state index in [1.54, 1.807) is 18.2 Å². The van der Waals surface area contributed by atoms with Crippen LogP contribution in [-0.4, -0.2) is 71.3 Å². The molecule has 40 heavy (non-hydrogen) atoms. The molecule has 2 saturated carbocycles. The van der Waals surface area contributed by atoms with Gasteiger partial charge in [-0.05, 0) is 81.4 Å². The Morgan fingerprint density at radius 1 is 1.15 bits per heavy atom. The highest BCUT2D eigenvalue weighted by molar-refractivity contribution is 5.73. The Hall–Kier alpha value is -2.45. The number of aliphatic carboxylic acids is 1. The van der Waals surface area contributed by atoms with E-state index >= 15 is 0 Å². The van der Waals surface area contributed by atoms with Gasteiger partial charge in [0.15, 0.2) is 0 Å². The quantitative estimate of drug-likeness (QED) is 0.295. The van der Waals surface area contributed by atoms with Crippen molar-refractivity contribution < 1.29 is 23.8 Å². The second-order valence-electron chi connectivity index (χ2n) is 11.8. The number of piperidine rings is 1. The molecule has 0 spiro atoms. The van der Waals surface area contributed by atoms with Crippen molar-refractivity contribution in [2.45, 2.75) is 103 Å². The lowest BCUT2D eigenvalue weighted by atomic mass is 9.80. The molecular formula is C32H50FN3O4. The Labute approximate surface area is 240 Å². The third-order valence-electron chi connectivity index (χ3n) is 8.56. The topological polar surface area (TPSA) is 82.1 Å². The molecule has 2 N–H and O–H groups in total. The second kappa shape index (κ2) is 16.7. The Morgan fingerprint density at radius 2 is 1.82 bits per heavy atom. The number of rotatable bonds is 12. The lowest BCUT2D eigenvalue weighted by Crippen LogP contribution is -2.48. The summed E-state index contributed by atoms with van der Waals surface area (Å²) < 4.78 is 18.7. The van der Waals surface area contributed by atoms with E-state index in [9.17, 15) is 19.1 Å². The van der Waals surface area contributed by atoms with E-state index in [-0.39, 0.29) is 24.6 Å². The van der Waals surface area contributed by atoms with E-state index in [1.165, 1.54) is 31.4 Å². The van der Waals surface area contributed by atoms with E-state index in [0.29, 0.717) is 24.4 Å². The first kappa shape index (κ1) is 32.1. The molecule has 1 aromatic rings. The number of nitrogens with zero attached hydrogens (tertiary/aromatic N) is 2. The van der Waals surface area contributed by atoms with Gasteiger partial charge in [0.25, 0.3) is 0 Å². The third-order valence-corrected chi connectivity index (χ3v) is 8.56. The average Bonchev–Trinajstić information content (AvgIpc) is 3.35. The van der Waals surface area contributed by atoms with Gasteiger partial charge in [-0.1, -0.05) is 44.4 Å². The summed E-state index contributed by atoms with van der Waals surface area (Å²) in [5, 5.41) is 13.1. The van der Waals surface area contributed by atoms with Crippen LogP contribution in [0.4, 0.5) is 9.18 Å². The van der Waals surface area contributed by atoms with Crippen molar-refractivity contribution in [2.75, 3.05) is 26.2 Å². The zero-order valence-electron chi connectivity index (χ0n) is 24.5. The summed E-state index contributed by atoms with van der Waals surface area (Å²) in [6.45, 7) is 11.1. The molecular weight excluding hydrogens is 509 g/mol. The van der Waals surface area contributed by atoms with Crippen LogP contribution in [0.1, 0.15) is 83.6 Å². The van der Waals surface area contributed by atoms with Crippen molar-refractivity contribution in [2.24, 2.45) is 11.8 Å². The molecule has 3 atom stereocenters. The number of carboxylic acids is 1. The first-order chi connectivity index (χ1) is 19.3. The highest BCUT2D eigenvalue weighted by Crippen LogP contribution is 2.32. The van der Waals surface area contributed by atoms with Crippen LogP contribution in [-0.2, 0) is 16.1 Å². The van der Waals surface area contributed by atoms with Crippen molar-refractivity contribution in [1.82, 2.24) is 15.1 Å². The fourth-order valence-electron chi connectivity index (χ4n) is 6.23. The number of carbonyl (C=O) groups is 2. The zero-order chi connectivity index (χ0) is 28.9. The molecule has 1 aromatic carbocycles. The highest BCUT2D eigenvalue weighted by Gasteiger charge is 2.34. The molecule has 4 rings (SSSR count). The number of carboxylic acid groups (broad SMARTS) is 1. The molecule has 1 aliphatic heterocycles. The monoisotopic (exact) mass is 559 g/mol. The number of hydrogen-bond donors (Lipinski definition) is 2. The summed E-state index contributed by atoms with van der Waals surface area (Å²) in [5.74, 6) is 0.177. The van der Waals surface area contributed by atoms with Gasteiger partial charge >= 0.3 is 12.1 Å². The van der Waals surface area contributed by atoms with Crippen LogP contribution in [0.15, 0.2) is 36.9 Å². The number of benzene rings is 1. The molecule has 1 heterocycles. The molecule has 1 amide bonds. The first-order valence-electron chi connectivity index (χ1n) is 15.3. The molecule has 0 bridgehead atoms. The first-order valence-corrected chi connectivity index (χ1v) is 15.3. The van der Waals surface area contributed by atoms with Crippen LogP contribution in [0.25, 0.3) is 0 Å². The second-order valence-corrected chi connectivity index (χ2v) is 11.8. The van der Waals surface area contributed by atoms with Gasteiger partial charge in [0, 0.05) is 38.3 Å². The predicted octanol–water partition coefficient (Wildman–Crippen LogP) is 6.23. The van der Waals surface area contributed by atoms with Crippen LogP contribution in [0.2, 0.25) is 0 Å². The molecule has 0 aromatic heterocycles. The Bertz CT molecular complexity index is 915. The number of amides is 1. The molecule has 224 valence electrons. The Balaban J connectivity index is 0.00000141. The van der Waals surface area contributed by atoms with Gasteiger partial charge < -0.3 is 25.0 Å². The fraction of sp³-hybridized carbons (Fsp3) is 0.688. The molecule has 2 aliphatic carbocycles. The molecule has 1 saturated heterocycles. The summed E-state index contributed by atoms with van der Waals surface area (Å²) in [6, 6.07) is 6.13. The lowest BCUT2D eigenvalue weighted by molar-refractivity contribution is -0.140. The van der Waals surface area contributed by atoms with E-state index in [0.717, 1.165) is 70.1 Å². The maximum absolute atomic E-state index is 13.1. The number of halogens is 1. The van der Waals surface area contributed by atoms with Crippen LogP contribution in [0, 0.1) is 17.7 Å². The maximum Gasteiger partial charge on any atom is 0.410 e. The molecule has 3 unspecified atom stereocenters. The largest absolute Gasteiger partial charge is 0.480 e. The van der Waals surface area contributed by atoms with Gasteiger partial charge in [-0.2, -0.15) is 0 Å². The summed E-state index contributed by atoms with van der Waals surface area (Å²) in [7, 11) is 0. The van der Waals surface area contributed by atoms with Gasteiger partial charge in [0.2, 0.25) is 0 Å². The number of likely N-dealkylation sites (tertiary alicyclic amines) is 1. The molecule has 3 fully saturated rings. The highest BCUT2D eigenvalue weighted by atomic mass is 19.1. The SMILES string of the molecule is C=CC.CCCN(C(=O)OCc1ccc(F)cc1)C1CCN(CC2CCC(NC(CC3CCC3)C(=O)O)C2)CC1. The van der Waals surface area contributed by atoms with Crippen molar-refractivity contribution >= 4 is 12.1 Å². The van der Waals surface area contributed by atoms with E-state index in [1.807, 2.05) is 11.8 Å². The minimum absolute atomic E-state index is 0.151. The summed E-state index contributed by atoms with van der Waals surface area (Å²) in [4.78, 5) is 29.0. The predicted molar refractivity (Wildman–Crippen MR) is 157 cm³/mol. The van der Waals surface area contributed by atoms with Gasteiger partial charge in [-0.3, -0.25) is 4.79 Å². The molecule has 8 heteroatoms. The van der Waals surface area contributed by atoms with Gasteiger partial charge in [0.05, 0.1) is 0 Å². The van der Waals surface area contributed by atoms with E-state index in [4.69, 9.17) is 4.74 Å². The van der Waals surface area contributed by atoms with Crippen LogP contribution in [0.5, 0.6) is 0 Å². The minimum Gasteiger partial charge on any atom is -0.480 e.